The Labute approximate surface area is 66.2 Å². The minimum atomic E-state index is -0.248. The maximum Gasteiger partial charge on any atom is 0.229 e. The number of amides is 2. The molecule has 0 bridgehead atoms. The number of nitrogens with one attached hydrogen (secondary N) is 1. The van der Waals surface area contributed by atoms with Gasteiger partial charge in [0, 0.05) is 12.8 Å². The molecule has 2 amide bonds. The second kappa shape index (κ2) is 3.51. The number of hydrogen-bond acceptors (Lipinski definition) is 2. The van der Waals surface area contributed by atoms with E-state index in [1.165, 1.54) is 6.92 Å². The summed E-state index contributed by atoms with van der Waals surface area (Å²) in [6.07, 6.45) is 4.13. The highest BCUT2D eigenvalue weighted by molar-refractivity contribution is 5.95. The van der Waals surface area contributed by atoms with Crippen LogP contribution in [-0.2, 0) is 9.59 Å². The topological polar surface area (TPSA) is 46.2 Å². The predicted octanol–water partition coefficient (Wildman–Crippen LogP) is 0.839. The van der Waals surface area contributed by atoms with Crippen molar-refractivity contribution in [3.05, 3.63) is 0 Å². The first-order valence-electron chi connectivity index (χ1n) is 4.01. The summed E-state index contributed by atoms with van der Waals surface area (Å²) in [6, 6.07) is 0. The van der Waals surface area contributed by atoms with Crippen LogP contribution in [0.2, 0.25) is 0 Å². The Kier molecular flexibility index (Phi) is 2.63. The first-order chi connectivity index (χ1) is 5.20. The first-order valence-corrected chi connectivity index (χ1v) is 4.01. The molecule has 0 aromatic rings. The van der Waals surface area contributed by atoms with Crippen molar-refractivity contribution in [1.82, 2.24) is 5.32 Å². The minimum absolute atomic E-state index is 0.0880. The van der Waals surface area contributed by atoms with E-state index in [1.807, 2.05) is 0 Å². The zero-order chi connectivity index (χ0) is 8.27. The van der Waals surface area contributed by atoms with E-state index in [-0.39, 0.29) is 17.7 Å². The van der Waals surface area contributed by atoms with E-state index >= 15 is 0 Å². The number of carbonyl (C=O) groups is 2. The highest BCUT2D eigenvalue weighted by Crippen LogP contribution is 2.24. The molecule has 1 saturated carbocycles. The Balaban J connectivity index is 2.34. The van der Waals surface area contributed by atoms with Gasteiger partial charge in [0.2, 0.25) is 11.8 Å². The van der Waals surface area contributed by atoms with E-state index in [0.717, 1.165) is 25.7 Å². The van der Waals surface area contributed by atoms with Crippen LogP contribution in [0.4, 0.5) is 0 Å². The Morgan fingerprint density at radius 1 is 1.27 bits per heavy atom. The number of rotatable bonds is 1. The Morgan fingerprint density at radius 3 is 2.27 bits per heavy atom. The fourth-order valence-corrected chi connectivity index (χ4v) is 1.46. The molecule has 0 aromatic heterocycles. The third kappa shape index (κ3) is 2.33. The molecule has 1 aliphatic carbocycles. The zero-order valence-electron chi connectivity index (χ0n) is 6.72. The van der Waals surface area contributed by atoms with Gasteiger partial charge in [-0.3, -0.25) is 14.9 Å². The van der Waals surface area contributed by atoms with Gasteiger partial charge in [-0.25, -0.2) is 0 Å². The van der Waals surface area contributed by atoms with Crippen LogP contribution in [-0.4, -0.2) is 11.8 Å². The molecular weight excluding hydrogens is 142 g/mol. The van der Waals surface area contributed by atoms with Crippen molar-refractivity contribution in [2.24, 2.45) is 5.92 Å². The van der Waals surface area contributed by atoms with Crippen molar-refractivity contribution < 1.29 is 9.59 Å². The summed E-state index contributed by atoms with van der Waals surface area (Å²) in [6.45, 7) is 1.37. The molecule has 1 rings (SSSR count). The zero-order valence-corrected chi connectivity index (χ0v) is 6.72. The van der Waals surface area contributed by atoms with Crippen LogP contribution in [0, 0.1) is 5.92 Å². The molecule has 0 atom stereocenters. The standard InChI is InChI=1S/C8H13NO2/c1-6(10)9-8(11)7-4-2-3-5-7/h7H,2-5H2,1H3,(H,9,10,11). The predicted molar refractivity (Wildman–Crippen MR) is 40.8 cm³/mol. The molecule has 1 N–H and O–H groups in total. The van der Waals surface area contributed by atoms with Gasteiger partial charge in [-0.15, -0.1) is 0 Å². The fraction of sp³-hybridized carbons (Fsp3) is 0.750. The van der Waals surface area contributed by atoms with Crippen LogP contribution in [0.1, 0.15) is 32.6 Å². The van der Waals surface area contributed by atoms with Crippen molar-refractivity contribution in [2.45, 2.75) is 32.6 Å². The monoisotopic (exact) mass is 155 g/mol. The van der Waals surface area contributed by atoms with Gasteiger partial charge >= 0.3 is 0 Å². The van der Waals surface area contributed by atoms with Gasteiger partial charge in [-0.2, -0.15) is 0 Å². The molecule has 0 radical (unpaired) electrons. The summed E-state index contributed by atoms with van der Waals surface area (Å²) in [7, 11) is 0. The van der Waals surface area contributed by atoms with Crippen molar-refractivity contribution >= 4 is 11.8 Å². The Bertz CT molecular complexity index is 171. The van der Waals surface area contributed by atoms with Gasteiger partial charge in [0.1, 0.15) is 0 Å². The summed E-state index contributed by atoms with van der Waals surface area (Å²) in [5.41, 5.74) is 0. The van der Waals surface area contributed by atoms with E-state index in [2.05, 4.69) is 5.32 Å². The molecular formula is C8H13NO2. The van der Waals surface area contributed by atoms with Gasteiger partial charge in [-0.05, 0) is 12.8 Å². The molecule has 1 fully saturated rings. The highest BCUT2D eigenvalue weighted by Gasteiger charge is 2.22. The van der Waals surface area contributed by atoms with Crippen LogP contribution in [0.5, 0.6) is 0 Å². The SMILES string of the molecule is CC(=O)NC(=O)C1CCCC1. The molecule has 1 aliphatic rings. The second-order valence-corrected chi connectivity index (χ2v) is 3.03. The lowest BCUT2D eigenvalue weighted by Crippen LogP contribution is -2.32. The summed E-state index contributed by atoms with van der Waals surface area (Å²) in [5, 5.41) is 2.31. The highest BCUT2D eigenvalue weighted by atomic mass is 16.2. The number of hydrogen-bond donors (Lipinski definition) is 1. The van der Waals surface area contributed by atoms with E-state index in [0.29, 0.717) is 0 Å². The van der Waals surface area contributed by atoms with Gasteiger partial charge in [0.25, 0.3) is 0 Å². The molecule has 0 aliphatic heterocycles. The maximum absolute atomic E-state index is 11.1. The smallest absolute Gasteiger partial charge is 0.229 e. The van der Waals surface area contributed by atoms with Crippen molar-refractivity contribution in [3.8, 4) is 0 Å². The summed E-state index contributed by atoms with van der Waals surface area (Å²) in [5.74, 6) is -0.240. The first kappa shape index (κ1) is 8.24. The Hall–Kier alpha value is -0.860. The molecule has 0 aromatic carbocycles. The van der Waals surface area contributed by atoms with E-state index in [1.54, 1.807) is 0 Å². The van der Waals surface area contributed by atoms with Gasteiger partial charge in [-0.1, -0.05) is 12.8 Å². The van der Waals surface area contributed by atoms with E-state index in [4.69, 9.17) is 0 Å². The molecule has 0 heterocycles. The number of imide groups is 1. The minimum Gasteiger partial charge on any atom is -0.296 e. The summed E-state index contributed by atoms with van der Waals surface area (Å²) < 4.78 is 0. The lowest BCUT2D eigenvalue weighted by Gasteiger charge is -2.06. The summed E-state index contributed by atoms with van der Waals surface area (Å²) in [4.78, 5) is 21.6. The molecule has 0 saturated heterocycles. The average Bonchev–Trinajstić information content (AvgIpc) is 2.35. The lowest BCUT2D eigenvalue weighted by molar-refractivity contribution is -0.131. The molecule has 3 nitrogen and oxygen atoms in total. The second-order valence-electron chi connectivity index (χ2n) is 3.03. The molecule has 0 unspecified atom stereocenters. The van der Waals surface area contributed by atoms with E-state index < -0.39 is 0 Å². The number of carbonyl (C=O) groups excluding carboxylic acids is 2. The van der Waals surface area contributed by atoms with Gasteiger partial charge in [0.15, 0.2) is 0 Å². The average molecular weight is 155 g/mol. The quantitative estimate of drug-likeness (QED) is 0.610. The fourth-order valence-electron chi connectivity index (χ4n) is 1.46. The normalized spacial score (nSPS) is 18.3. The van der Waals surface area contributed by atoms with Crippen molar-refractivity contribution in [2.75, 3.05) is 0 Å². The maximum atomic E-state index is 11.1. The molecule has 3 heteroatoms. The van der Waals surface area contributed by atoms with Crippen LogP contribution in [0.15, 0.2) is 0 Å². The van der Waals surface area contributed by atoms with Gasteiger partial charge in [0.05, 0.1) is 0 Å². The van der Waals surface area contributed by atoms with Crippen LogP contribution in [0.25, 0.3) is 0 Å². The third-order valence-corrected chi connectivity index (χ3v) is 2.03. The van der Waals surface area contributed by atoms with Crippen LogP contribution >= 0.6 is 0 Å². The lowest BCUT2D eigenvalue weighted by atomic mass is 10.1. The largest absolute Gasteiger partial charge is 0.296 e. The van der Waals surface area contributed by atoms with Crippen molar-refractivity contribution in [1.29, 1.82) is 0 Å². The van der Waals surface area contributed by atoms with E-state index in [9.17, 15) is 9.59 Å². The third-order valence-electron chi connectivity index (χ3n) is 2.03. The Morgan fingerprint density at radius 2 is 1.82 bits per heavy atom. The molecule has 0 spiro atoms. The molecule has 62 valence electrons. The van der Waals surface area contributed by atoms with Crippen molar-refractivity contribution in [3.63, 3.8) is 0 Å². The van der Waals surface area contributed by atoms with Crippen LogP contribution < -0.4 is 5.32 Å². The molecule has 11 heavy (non-hydrogen) atoms. The van der Waals surface area contributed by atoms with Crippen LogP contribution in [0.3, 0.4) is 0 Å². The van der Waals surface area contributed by atoms with Gasteiger partial charge < -0.3 is 0 Å². The summed E-state index contributed by atoms with van der Waals surface area (Å²) >= 11 is 0.